The quantitative estimate of drug-likeness (QED) is 0.136. The Labute approximate surface area is 307 Å². The van der Waals surface area contributed by atoms with E-state index in [1.54, 1.807) is 11.0 Å². The van der Waals surface area contributed by atoms with Crippen molar-refractivity contribution in [1.82, 2.24) is 19.8 Å². The van der Waals surface area contributed by atoms with E-state index in [2.05, 4.69) is 31.1 Å². The van der Waals surface area contributed by atoms with Gasteiger partial charge >= 0.3 is 6.03 Å². The van der Waals surface area contributed by atoms with Crippen LogP contribution in [0.3, 0.4) is 0 Å². The molecule has 2 N–H and O–H groups in total. The van der Waals surface area contributed by atoms with Gasteiger partial charge in [-0.15, -0.1) is 6.58 Å². The summed E-state index contributed by atoms with van der Waals surface area (Å²) >= 11 is 0. The monoisotopic (exact) mass is 734 g/mol. The Balaban J connectivity index is 1.94. The molecule has 1 saturated heterocycles. The van der Waals surface area contributed by atoms with Crippen LogP contribution < -0.4 is 10.6 Å². The standard InChI is InChI=1S/C39H66N4O7S/c1-10-12-17-27(35(46)30(44)20-13-11-2)23-31(45)34-28-21-22-39(6,7)29(28)24-43(34)36(47)33(26-18-15-14-16-19-26)41-37(48)40-32(38(3,4)5)25-42(8)51(9,49)50/h11,26-29,32-34H,2,10,12-25H2,1,3-9H3,(H2,40,41,48)/t27?,28-,29-,32+,33-,34-/m0/s1. The zero-order chi connectivity index (χ0) is 38.3. The number of Topliss-reactive ketones (excluding diaryl/α,β-unsaturated/α-hetero) is 3. The molecule has 1 aliphatic heterocycles. The molecule has 0 bridgehead atoms. The van der Waals surface area contributed by atoms with Crippen molar-refractivity contribution in [3.63, 3.8) is 0 Å². The van der Waals surface area contributed by atoms with Crippen molar-refractivity contribution in [1.29, 1.82) is 0 Å². The Kier molecular flexibility index (Phi) is 15.1. The van der Waals surface area contributed by atoms with Crippen molar-refractivity contribution in [2.75, 3.05) is 26.4 Å². The highest BCUT2D eigenvalue weighted by Gasteiger charge is 2.56. The van der Waals surface area contributed by atoms with Gasteiger partial charge in [0.05, 0.1) is 12.3 Å². The lowest BCUT2D eigenvalue weighted by Gasteiger charge is -2.37. The highest BCUT2D eigenvalue weighted by molar-refractivity contribution is 7.88. The van der Waals surface area contributed by atoms with E-state index in [9.17, 15) is 32.4 Å². The van der Waals surface area contributed by atoms with Crippen LogP contribution in [-0.2, 0) is 29.2 Å². The minimum Gasteiger partial charge on any atom is -0.334 e. The first-order chi connectivity index (χ1) is 23.7. The third-order valence-electron chi connectivity index (χ3n) is 12.0. The molecule has 2 saturated carbocycles. The minimum atomic E-state index is -3.49. The molecule has 290 valence electrons. The Morgan fingerprint density at radius 1 is 1.04 bits per heavy atom. The number of likely N-dealkylation sites (tertiary alicyclic amines) is 1. The third kappa shape index (κ3) is 11.2. The maximum atomic E-state index is 14.9. The zero-order valence-corrected chi connectivity index (χ0v) is 33.4. The van der Waals surface area contributed by atoms with E-state index in [0.29, 0.717) is 25.8 Å². The molecule has 3 rings (SSSR count). The van der Waals surface area contributed by atoms with Gasteiger partial charge in [-0.2, -0.15) is 0 Å². The first-order valence-corrected chi connectivity index (χ1v) is 21.1. The Hall–Kier alpha value is -2.60. The van der Waals surface area contributed by atoms with Crippen LogP contribution in [0.4, 0.5) is 4.79 Å². The van der Waals surface area contributed by atoms with Crippen molar-refractivity contribution in [3.8, 4) is 0 Å². The fourth-order valence-corrected chi connectivity index (χ4v) is 8.90. The minimum absolute atomic E-state index is 0.0624. The number of carbonyl (C=O) groups is 5. The summed E-state index contributed by atoms with van der Waals surface area (Å²) in [4.78, 5) is 71.0. The molecule has 0 aromatic carbocycles. The van der Waals surface area contributed by atoms with Crippen LogP contribution in [0.5, 0.6) is 0 Å². The highest BCUT2D eigenvalue weighted by atomic mass is 32.2. The van der Waals surface area contributed by atoms with Crippen molar-refractivity contribution >= 4 is 39.3 Å². The number of amides is 3. The summed E-state index contributed by atoms with van der Waals surface area (Å²) < 4.78 is 25.7. The third-order valence-corrected chi connectivity index (χ3v) is 13.3. The van der Waals surface area contributed by atoms with Gasteiger partial charge in [-0.25, -0.2) is 17.5 Å². The van der Waals surface area contributed by atoms with Crippen molar-refractivity contribution in [3.05, 3.63) is 12.7 Å². The molecule has 51 heavy (non-hydrogen) atoms. The fourth-order valence-electron chi connectivity index (χ4n) is 8.48. The molecule has 1 heterocycles. The van der Waals surface area contributed by atoms with Gasteiger partial charge < -0.3 is 15.5 Å². The van der Waals surface area contributed by atoms with E-state index >= 15 is 0 Å². The van der Waals surface area contributed by atoms with Gasteiger partial charge in [0.15, 0.2) is 11.6 Å². The Morgan fingerprint density at radius 3 is 2.25 bits per heavy atom. The number of unbranched alkanes of at least 4 members (excludes halogenated alkanes) is 1. The van der Waals surface area contributed by atoms with Crippen LogP contribution in [0.25, 0.3) is 0 Å². The summed E-state index contributed by atoms with van der Waals surface area (Å²) in [6.07, 6.45) is 11.3. The van der Waals surface area contributed by atoms with Crippen LogP contribution in [0.1, 0.15) is 125 Å². The molecule has 2 aliphatic carbocycles. The summed E-state index contributed by atoms with van der Waals surface area (Å²) in [5.41, 5.74) is -0.581. The molecule has 12 heteroatoms. The van der Waals surface area contributed by atoms with Crippen LogP contribution in [0.2, 0.25) is 0 Å². The van der Waals surface area contributed by atoms with Gasteiger partial charge in [-0.3, -0.25) is 19.2 Å². The molecule has 6 atom stereocenters. The Morgan fingerprint density at radius 2 is 1.69 bits per heavy atom. The smallest absolute Gasteiger partial charge is 0.315 e. The number of hydrogen-bond acceptors (Lipinski definition) is 7. The van der Waals surface area contributed by atoms with E-state index in [0.717, 1.165) is 57.6 Å². The molecule has 3 amide bonds. The second-order valence-electron chi connectivity index (χ2n) is 17.3. The SMILES string of the molecule is C=CCCC(=O)C(=O)C(CCCC)CC(=O)[C@@H]1[C@H]2CCC(C)(C)[C@H]2CN1C(=O)[C@@H](NC(=O)N[C@H](CN(C)S(C)(=O)=O)C(C)(C)C)C1CCCCC1. The van der Waals surface area contributed by atoms with Crippen molar-refractivity contribution in [2.45, 2.75) is 143 Å². The molecular weight excluding hydrogens is 669 g/mol. The van der Waals surface area contributed by atoms with Crippen LogP contribution in [0.15, 0.2) is 12.7 Å². The number of urea groups is 1. The Bertz CT molecular complexity index is 1380. The molecule has 0 radical (unpaired) electrons. The summed E-state index contributed by atoms with van der Waals surface area (Å²) in [7, 11) is -2.02. The predicted octanol–water partition coefficient (Wildman–Crippen LogP) is 5.67. The normalized spacial score (nSPS) is 24.0. The number of carbonyl (C=O) groups excluding carboxylic acids is 5. The fraction of sp³-hybridized carbons (Fsp3) is 0.821. The predicted molar refractivity (Wildman–Crippen MR) is 200 cm³/mol. The zero-order valence-electron chi connectivity index (χ0n) is 32.6. The van der Waals surface area contributed by atoms with Gasteiger partial charge in [-0.1, -0.05) is 79.7 Å². The molecule has 0 spiro atoms. The van der Waals surface area contributed by atoms with E-state index in [-0.39, 0.29) is 54.2 Å². The molecule has 3 aliphatic rings. The summed E-state index contributed by atoms with van der Waals surface area (Å²) in [5.74, 6) is -2.26. The second kappa shape index (κ2) is 18.0. The molecule has 1 unspecified atom stereocenters. The summed E-state index contributed by atoms with van der Waals surface area (Å²) in [6.45, 7) is 16.3. The van der Waals surface area contributed by atoms with Crippen LogP contribution in [0, 0.1) is 34.5 Å². The average Bonchev–Trinajstić information content (AvgIpc) is 3.59. The van der Waals surface area contributed by atoms with E-state index in [1.807, 2.05) is 27.7 Å². The second-order valence-corrected chi connectivity index (χ2v) is 19.4. The lowest BCUT2D eigenvalue weighted by atomic mass is 9.78. The first kappa shape index (κ1) is 42.8. The van der Waals surface area contributed by atoms with Crippen molar-refractivity contribution < 1.29 is 32.4 Å². The highest BCUT2D eigenvalue weighted by Crippen LogP contribution is 2.53. The number of hydrogen-bond donors (Lipinski definition) is 2. The van der Waals surface area contributed by atoms with Crippen molar-refractivity contribution in [2.24, 2.45) is 34.5 Å². The molecular formula is C39H66N4O7S. The lowest BCUT2D eigenvalue weighted by molar-refractivity contribution is -0.143. The van der Waals surface area contributed by atoms with Gasteiger partial charge in [0.1, 0.15) is 6.04 Å². The number of fused-ring (bicyclic) bond motifs is 1. The number of nitrogens with zero attached hydrogens (tertiary/aromatic N) is 2. The topological polar surface area (TPSA) is 150 Å². The maximum Gasteiger partial charge on any atom is 0.315 e. The first-order valence-electron chi connectivity index (χ1n) is 19.2. The van der Waals surface area contributed by atoms with E-state index in [1.165, 1.54) is 11.4 Å². The maximum absolute atomic E-state index is 14.9. The van der Waals surface area contributed by atoms with E-state index < -0.39 is 57.1 Å². The van der Waals surface area contributed by atoms with Gasteiger partial charge in [0.2, 0.25) is 21.7 Å². The summed E-state index contributed by atoms with van der Waals surface area (Å²) in [5, 5.41) is 5.99. The number of ketones is 3. The van der Waals surface area contributed by atoms with E-state index in [4.69, 9.17) is 0 Å². The summed E-state index contributed by atoms with van der Waals surface area (Å²) in [6, 6.07) is -2.70. The number of nitrogens with one attached hydrogen (secondary N) is 2. The van der Waals surface area contributed by atoms with Crippen LogP contribution >= 0.6 is 0 Å². The average molecular weight is 735 g/mol. The van der Waals surface area contributed by atoms with Gasteiger partial charge in [-0.05, 0) is 67.1 Å². The number of likely N-dealkylation sites (N-methyl/N-ethyl adjacent to an activating group) is 1. The van der Waals surface area contributed by atoms with Crippen LogP contribution in [-0.4, -0.2) is 91.4 Å². The molecule has 11 nitrogen and oxygen atoms in total. The van der Waals surface area contributed by atoms with Gasteiger partial charge in [0.25, 0.3) is 0 Å². The molecule has 0 aromatic rings. The van der Waals surface area contributed by atoms with Gasteiger partial charge in [0, 0.05) is 44.9 Å². The molecule has 0 aromatic heterocycles. The largest absolute Gasteiger partial charge is 0.334 e. The lowest BCUT2D eigenvalue weighted by Crippen LogP contribution is -2.60. The number of sulfonamides is 1. The molecule has 3 fully saturated rings. The number of rotatable bonds is 18. The number of allylic oxidation sites excluding steroid dienone is 1.